The van der Waals surface area contributed by atoms with Crippen molar-refractivity contribution in [1.29, 1.82) is 5.26 Å². The maximum atomic E-state index is 12.3. The minimum Gasteiger partial charge on any atom is -0.301 e. The van der Waals surface area contributed by atoms with Crippen LogP contribution in [0.25, 0.3) is 10.2 Å². The topological polar surface area (TPSA) is 78.7 Å². The first-order valence-corrected chi connectivity index (χ1v) is 10.2. The minimum absolute atomic E-state index is 0.141. The van der Waals surface area contributed by atoms with Crippen molar-refractivity contribution >= 4 is 44.4 Å². The van der Waals surface area contributed by atoms with Crippen molar-refractivity contribution in [2.75, 3.05) is 11.1 Å². The number of fused-ring (bicyclic) bond motifs is 2. The normalized spacial score (nSPS) is 13.2. The van der Waals surface area contributed by atoms with Crippen LogP contribution >= 0.6 is 23.1 Å². The molecule has 4 rings (SSSR count). The molecule has 5 nitrogen and oxygen atoms in total. The number of para-hydroxylation sites is 1. The van der Waals surface area contributed by atoms with Gasteiger partial charge in [-0.05, 0) is 49.4 Å². The van der Waals surface area contributed by atoms with Gasteiger partial charge in [-0.15, -0.1) is 0 Å². The zero-order valence-electron chi connectivity index (χ0n) is 14.0. The molecule has 0 radical (unpaired) electrons. The van der Waals surface area contributed by atoms with E-state index in [2.05, 4.69) is 21.4 Å². The first kappa shape index (κ1) is 17.0. The molecule has 3 aromatic rings. The van der Waals surface area contributed by atoms with Crippen LogP contribution in [0, 0.1) is 11.3 Å². The average molecular weight is 380 g/mol. The van der Waals surface area contributed by atoms with Gasteiger partial charge in [0.2, 0.25) is 5.91 Å². The summed E-state index contributed by atoms with van der Waals surface area (Å²) in [7, 11) is 0. The standard InChI is InChI=1S/C19H16N4OS2/c20-10-13-9-12-5-1-2-6-14(12)21-18(13)25-11-17(24)23-19-22-15-7-3-4-8-16(15)26-19/h3-4,7-9H,1-2,5-6,11H2,(H,22,23,24). The molecular formula is C19H16N4OS2. The second-order valence-electron chi connectivity index (χ2n) is 6.09. The van der Waals surface area contributed by atoms with Gasteiger partial charge >= 0.3 is 0 Å². The number of amides is 1. The highest BCUT2D eigenvalue weighted by molar-refractivity contribution is 8.00. The van der Waals surface area contributed by atoms with Crippen molar-refractivity contribution in [3.63, 3.8) is 0 Å². The number of carbonyl (C=O) groups excluding carboxylic acids is 1. The molecule has 0 unspecified atom stereocenters. The van der Waals surface area contributed by atoms with Crippen molar-refractivity contribution in [3.05, 3.63) is 47.2 Å². The molecule has 0 bridgehead atoms. The third-order valence-corrected chi connectivity index (χ3v) is 6.21. The summed E-state index contributed by atoms with van der Waals surface area (Å²) in [5.74, 6) is 0.0635. The van der Waals surface area contributed by atoms with Crippen LogP contribution in [0.5, 0.6) is 0 Å². The Hall–Kier alpha value is -2.43. The van der Waals surface area contributed by atoms with E-state index in [0.29, 0.717) is 15.7 Å². The Balaban J connectivity index is 1.45. The number of aromatic nitrogens is 2. The van der Waals surface area contributed by atoms with Crippen molar-refractivity contribution in [1.82, 2.24) is 9.97 Å². The summed E-state index contributed by atoms with van der Waals surface area (Å²) < 4.78 is 1.04. The van der Waals surface area contributed by atoms with Gasteiger partial charge in [-0.2, -0.15) is 5.26 Å². The first-order valence-electron chi connectivity index (χ1n) is 8.44. The number of carbonyl (C=O) groups is 1. The lowest BCUT2D eigenvalue weighted by Crippen LogP contribution is -2.14. The molecule has 1 aromatic carbocycles. The zero-order valence-corrected chi connectivity index (χ0v) is 15.6. The van der Waals surface area contributed by atoms with Gasteiger partial charge in [0.05, 0.1) is 21.5 Å². The lowest BCUT2D eigenvalue weighted by atomic mass is 9.95. The number of thioether (sulfide) groups is 1. The second kappa shape index (κ2) is 7.44. The van der Waals surface area contributed by atoms with Gasteiger partial charge in [-0.3, -0.25) is 4.79 Å². The van der Waals surface area contributed by atoms with Crippen LogP contribution in [0.2, 0.25) is 0 Å². The molecule has 1 amide bonds. The van der Waals surface area contributed by atoms with Gasteiger partial charge in [-0.25, -0.2) is 9.97 Å². The SMILES string of the molecule is N#Cc1cc2c(nc1SCC(=O)Nc1nc3ccccc3s1)CCCC2. The van der Waals surface area contributed by atoms with E-state index in [-0.39, 0.29) is 11.7 Å². The predicted molar refractivity (Wildman–Crippen MR) is 105 cm³/mol. The highest BCUT2D eigenvalue weighted by atomic mass is 32.2. The molecule has 2 aromatic heterocycles. The van der Waals surface area contributed by atoms with Gasteiger partial charge in [0, 0.05) is 5.69 Å². The lowest BCUT2D eigenvalue weighted by Gasteiger charge is -2.16. The van der Waals surface area contributed by atoms with Gasteiger partial charge in [0.1, 0.15) is 11.1 Å². The number of benzene rings is 1. The molecule has 26 heavy (non-hydrogen) atoms. The van der Waals surface area contributed by atoms with E-state index in [1.165, 1.54) is 28.7 Å². The third kappa shape index (κ3) is 3.57. The van der Waals surface area contributed by atoms with Crippen LogP contribution in [-0.4, -0.2) is 21.6 Å². The van der Waals surface area contributed by atoms with E-state index in [1.54, 1.807) is 0 Å². The summed E-state index contributed by atoms with van der Waals surface area (Å²) >= 11 is 2.76. The number of nitriles is 1. The van der Waals surface area contributed by atoms with Crippen LogP contribution in [0.15, 0.2) is 35.4 Å². The van der Waals surface area contributed by atoms with Crippen molar-refractivity contribution in [2.24, 2.45) is 0 Å². The lowest BCUT2D eigenvalue weighted by molar-refractivity contribution is -0.113. The third-order valence-electron chi connectivity index (χ3n) is 4.27. The average Bonchev–Trinajstić information content (AvgIpc) is 3.07. The van der Waals surface area contributed by atoms with Crippen molar-refractivity contribution < 1.29 is 4.79 Å². The van der Waals surface area contributed by atoms with Crippen molar-refractivity contribution in [2.45, 2.75) is 30.7 Å². The Morgan fingerprint density at radius 1 is 1.27 bits per heavy atom. The Morgan fingerprint density at radius 3 is 2.96 bits per heavy atom. The van der Waals surface area contributed by atoms with E-state index in [1.807, 2.05) is 30.3 Å². The highest BCUT2D eigenvalue weighted by Gasteiger charge is 2.16. The highest BCUT2D eigenvalue weighted by Crippen LogP contribution is 2.28. The van der Waals surface area contributed by atoms with E-state index in [0.717, 1.165) is 41.6 Å². The number of rotatable bonds is 4. The van der Waals surface area contributed by atoms with E-state index in [9.17, 15) is 10.1 Å². The minimum atomic E-state index is -0.141. The number of hydrogen-bond donors (Lipinski definition) is 1. The van der Waals surface area contributed by atoms with Crippen LogP contribution in [0.4, 0.5) is 5.13 Å². The quantitative estimate of drug-likeness (QED) is 0.687. The largest absolute Gasteiger partial charge is 0.301 e. The fourth-order valence-electron chi connectivity index (χ4n) is 3.02. The van der Waals surface area contributed by atoms with Crippen LogP contribution in [0.3, 0.4) is 0 Å². The molecule has 0 fully saturated rings. The maximum absolute atomic E-state index is 12.3. The van der Waals surface area contributed by atoms with Gasteiger partial charge in [0.25, 0.3) is 0 Å². The summed E-state index contributed by atoms with van der Waals surface area (Å²) in [5.41, 5.74) is 3.69. The molecule has 0 saturated carbocycles. The second-order valence-corrected chi connectivity index (χ2v) is 8.08. The molecule has 1 aliphatic carbocycles. The summed E-state index contributed by atoms with van der Waals surface area (Å²) in [6, 6.07) is 11.9. The van der Waals surface area contributed by atoms with E-state index < -0.39 is 0 Å². The summed E-state index contributed by atoms with van der Waals surface area (Å²) in [5, 5.41) is 13.5. The maximum Gasteiger partial charge on any atom is 0.236 e. The number of nitrogens with one attached hydrogen (secondary N) is 1. The van der Waals surface area contributed by atoms with Gasteiger partial charge in [0.15, 0.2) is 5.13 Å². The number of thiazole rings is 1. The monoisotopic (exact) mass is 380 g/mol. The van der Waals surface area contributed by atoms with E-state index >= 15 is 0 Å². The molecule has 1 N–H and O–H groups in total. The fourth-order valence-corrected chi connectivity index (χ4v) is 4.68. The van der Waals surface area contributed by atoms with E-state index in [4.69, 9.17) is 0 Å². The molecule has 0 saturated heterocycles. The number of aryl methyl sites for hydroxylation is 2. The summed E-state index contributed by atoms with van der Waals surface area (Å²) in [4.78, 5) is 21.3. The number of pyridine rings is 1. The van der Waals surface area contributed by atoms with Crippen LogP contribution in [0.1, 0.15) is 29.7 Å². The Kier molecular flexibility index (Phi) is 4.87. The Labute approximate surface area is 159 Å². The Morgan fingerprint density at radius 2 is 2.12 bits per heavy atom. The molecule has 0 atom stereocenters. The van der Waals surface area contributed by atoms with Crippen molar-refractivity contribution in [3.8, 4) is 6.07 Å². The predicted octanol–water partition coefficient (Wildman–Crippen LogP) is 4.17. The molecule has 0 aliphatic heterocycles. The molecular weight excluding hydrogens is 364 g/mol. The van der Waals surface area contributed by atoms with Crippen LogP contribution in [-0.2, 0) is 17.6 Å². The molecule has 2 heterocycles. The molecule has 1 aliphatic rings. The Bertz CT molecular complexity index is 989. The zero-order chi connectivity index (χ0) is 17.9. The first-order chi connectivity index (χ1) is 12.7. The summed E-state index contributed by atoms with van der Waals surface area (Å²) in [6.45, 7) is 0. The fraction of sp³-hybridized carbons (Fsp3) is 0.263. The molecule has 0 spiro atoms. The number of anilines is 1. The van der Waals surface area contributed by atoms with Gasteiger partial charge in [-0.1, -0.05) is 35.2 Å². The number of hydrogen-bond acceptors (Lipinski definition) is 6. The van der Waals surface area contributed by atoms with Crippen LogP contribution < -0.4 is 5.32 Å². The smallest absolute Gasteiger partial charge is 0.236 e. The van der Waals surface area contributed by atoms with Gasteiger partial charge < -0.3 is 5.32 Å². The number of nitrogens with zero attached hydrogens (tertiary/aromatic N) is 3. The molecule has 130 valence electrons. The molecule has 7 heteroatoms. The summed E-state index contributed by atoms with van der Waals surface area (Å²) in [6.07, 6.45) is 4.22.